The van der Waals surface area contributed by atoms with Crippen LogP contribution in [0.5, 0.6) is 5.75 Å². The molecular weight excluding hydrogens is 227 g/mol. The van der Waals surface area contributed by atoms with Crippen LogP contribution in [-0.4, -0.2) is 24.1 Å². The summed E-state index contributed by atoms with van der Waals surface area (Å²) in [6, 6.07) is 2.47. The normalized spacial score (nSPS) is 21.7. The zero-order valence-electron chi connectivity index (χ0n) is 9.06. The van der Waals surface area contributed by atoms with Crippen molar-refractivity contribution in [3.8, 4) is 5.75 Å². The first kappa shape index (κ1) is 10.3. The molecule has 0 unspecified atom stereocenters. The number of benzene rings is 1. The van der Waals surface area contributed by atoms with Crippen molar-refractivity contribution in [2.24, 2.45) is 0 Å². The molecule has 90 valence electrons. The second-order valence-corrected chi connectivity index (χ2v) is 4.33. The maximum absolute atomic E-state index is 13.9. The Kier molecular flexibility index (Phi) is 2.17. The number of hydrogen-bond donors (Lipinski definition) is 0. The number of rotatable bonds is 1. The Bertz CT molecular complexity index is 492. The van der Waals surface area contributed by atoms with Gasteiger partial charge in [0.1, 0.15) is 12.3 Å². The summed E-state index contributed by atoms with van der Waals surface area (Å²) in [7, 11) is 0. The molecule has 0 saturated carbocycles. The molecular formula is C11H11FN2O3. The van der Waals surface area contributed by atoms with E-state index in [2.05, 4.69) is 0 Å². The van der Waals surface area contributed by atoms with Crippen LogP contribution < -0.4 is 9.64 Å². The lowest BCUT2D eigenvalue weighted by molar-refractivity contribution is -0.385. The third-order valence-electron chi connectivity index (χ3n) is 3.32. The van der Waals surface area contributed by atoms with Gasteiger partial charge in [-0.25, -0.2) is 4.39 Å². The van der Waals surface area contributed by atoms with E-state index in [0.717, 1.165) is 25.5 Å². The van der Waals surface area contributed by atoms with E-state index in [1.807, 2.05) is 4.90 Å². The zero-order chi connectivity index (χ0) is 12.0. The Hall–Kier alpha value is -1.85. The summed E-state index contributed by atoms with van der Waals surface area (Å²) < 4.78 is 19.3. The van der Waals surface area contributed by atoms with Crippen LogP contribution in [0.3, 0.4) is 0 Å². The van der Waals surface area contributed by atoms with Crippen LogP contribution in [-0.2, 0) is 0 Å². The molecule has 1 aromatic rings. The molecule has 2 heterocycles. The molecule has 5 nitrogen and oxygen atoms in total. The monoisotopic (exact) mass is 238 g/mol. The minimum absolute atomic E-state index is 0.207. The van der Waals surface area contributed by atoms with E-state index in [0.29, 0.717) is 12.3 Å². The Balaban J connectivity index is 2.10. The van der Waals surface area contributed by atoms with Crippen LogP contribution >= 0.6 is 0 Å². The van der Waals surface area contributed by atoms with E-state index in [4.69, 9.17) is 4.74 Å². The van der Waals surface area contributed by atoms with Gasteiger partial charge in [-0.1, -0.05) is 0 Å². The molecule has 1 aromatic carbocycles. The minimum atomic E-state index is -0.608. The highest BCUT2D eigenvalue weighted by atomic mass is 19.1. The smallest absolute Gasteiger partial charge is 0.276 e. The Morgan fingerprint density at radius 2 is 2.35 bits per heavy atom. The van der Waals surface area contributed by atoms with Crippen molar-refractivity contribution in [1.82, 2.24) is 0 Å². The lowest BCUT2D eigenvalue weighted by atomic mass is 10.1. The molecule has 1 fully saturated rings. The molecule has 0 aromatic heterocycles. The van der Waals surface area contributed by atoms with Crippen molar-refractivity contribution in [2.75, 3.05) is 18.1 Å². The average Bonchev–Trinajstić information content (AvgIpc) is 2.76. The van der Waals surface area contributed by atoms with E-state index >= 15 is 0 Å². The Labute approximate surface area is 96.9 Å². The van der Waals surface area contributed by atoms with E-state index in [9.17, 15) is 14.5 Å². The standard InChI is InChI=1S/C11H11FN2O3/c12-9-4-8(14(15)16)5-10-11(9)13-3-1-2-7(13)6-17-10/h4-5,7H,1-3,6H2/t7-/m0/s1. The summed E-state index contributed by atoms with van der Waals surface area (Å²) >= 11 is 0. The maximum atomic E-state index is 13.9. The second kappa shape index (κ2) is 3.58. The fourth-order valence-corrected chi connectivity index (χ4v) is 2.54. The number of fused-ring (bicyclic) bond motifs is 3. The summed E-state index contributed by atoms with van der Waals surface area (Å²) in [5.41, 5.74) is 0.114. The number of ether oxygens (including phenoxy) is 1. The molecule has 6 heteroatoms. The lowest BCUT2D eigenvalue weighted by Gasteiger charge is -2.33. The SMILES string of the molecule is O=[N+]([O-])c1cc(F)c2c(c1)OC[C@@H]1CCCN21. The highest BCUT2D eigenvalue weighted by Gasteiger charge is 2.34. The van der Waals surface area contributed by atoms with Gasteiger partial charge in [0, 0.05) is 6.54 Å². The van der Waals surface area contributed by atoms with Gasteiger partial charge in [-0.3, -0.25) is 10.1 Å². The van der Waals surface area contributed by atoms with Crippen LogP contribution in [0.2, 0.25) is 0 Å². The average molecular weight is 238 g/mol. The first-order chi connectivity index (χ1) is 8.16. The third kappa shape index (κ3) is 1.51. The van der Waals surface area contributed by atoms with Gasteiger partial charge in [-0.15, -0.1) is 0 Å². The molecule has 1 atom stereocenters. The Morgan fingerprint density at radius 3 is 3.12 bits per heavy atom. The van der Waals surface area contributed by atoms with Gasteiger partial charge < -0.3 is 9.64 Å². The molecule has 0 N–H and O–H groups in total. The quantitative estimate of drug-likeness (QED) is 0.555. The molecule has 2 aliphatic heterocycles. The predicted molar refractivity (Wildman–Crippen MR) is 58.9 cm³/mol. The summed E-state index contributed by atoms with van der Waals surface area (Å²) in [4.78, 5) is 12.0. The molecule has 3 rings (SSSR count). The Morgan fingerprint density at radius 1 is 1.53 bits per heavy atom. The van der Waals surface area contributed by atoms with Crippen LogP contribution in [0.15, 0.2) is 12.1 Å². The van der Waals surface area contributed by atoms with Gasteiger partial charge in [0.2, 0.25) is 0 Å². The van der Waals surface area contributed by atoms with Gasteiger partial charge in [0.25, 0.3) is 5.69 Å². The van der Waals surface area contributed by atoms with Gasteiger partial charge in [0.15, 0.2) is 11.6 Å². The molecule has 0 amide bonds. The molecule has 1 saturated heterocycles. The first-order valence-corrected chi connectivity index (χ1v) is 5.54. The predicted octanol–water partition coefficient (Wildman–Crippen LogP) is 2.10. The van der Waals surface area contributed by atoms with Crippen LogP contribution in [0.1, 0.15) is 12.8 Å². The van der Waals surface area contributed by atoms with Crippen molar-refractivity contribution in [2.45, 2.75) is 18.9 Å². The van der Waals surface area contributed by atoms with E-state index in [1.165, 1.54) is 6.07 Å². The second-order valence-electron chi connectivity index (χ2n) is 4.33. The van der Waals surface area contributed by atoms with Crippen LogP contribution in [0.25, 0.3) is 0 Å². The molecule has 0 bridgehead atoms. The molecule has 2 aliphatic rings. The topological polar surface area (TPSA) is 55.6 Å². The van der Waals surface area contributed by atoms with Crippen molar-refractivity contribution in [1.29, 1.82) is 0 Å². The van der Waals surface area contributed by atoms with E-state index in [-0.39, 0.29) is 17.5 Å². The van der Waals surface area contributed by atoms with Crippen LogP contribution in [0.4, 0.5) is 15.8 Å². The highest BCUT2D eigenvalue weighted by molar-refractivity contribution is 5.65. The van der Waals surface area contributed by atoms with E-state index < -0.39 is 10.7 Å². The largest absolute Gasteiger partial charge is 0.489 e. The first-order valence-electron chi connectivity index (χ1n) is 5.54. The number of nitrogens with zero attached hydrogens (tertiary/aromatic N) is 2. The fraction of sp³-hybridized carbons (Fsp3) is 0.455. The van der Waals surface area contributed by atoms with Gasteiger partial charge in [-0.05, 0) is 12.8 Å². The number of nitro groups is 1. The van der Waals surface area contributed by atoms with Gasteiger partial charge in [0.05, 0.1) is 23.1 Å². The van der Waals surface area contributed by atoms with Crippen molar-refractivity contribution >= 4 is 11.4 Å². The zero-order valence-corrected chi connectivity index (χ0v) is 9.06. The van der Waals surface area contributed by atoms with Crippen molar-refractivity contribution in [3.63, 3.8) is 0 Å². The number of anilines is 1. The van der Waals surface area contributed by atoms with Crippen molar-refractivity contribution in [3.05, 3.63) is 28.1 Å². The summed E-state index contributed by atoms with van der Waals surface area (Å²) in [6.07, 6.45) is 1.99. The molecule has 0 spiro atoms. The minimum Gasteiger partial charge on any atom is -0.489 e. The maximum Gasteiger partial charge on any atom is 0.276 e. The molecule has 0 aliphatic carbocycles. The summed E-state index contributed by atoms with van der Waals surface area (Å²) in [5, 5.41) is 10.6. The molecule has 17 heavy (non-hydrogen) atoms. The van der Waals surface area contributed by atoms with Gasteiger partial charge >= 0.3 is 0 Å². The van der Waals surface area contributed by atoms with Crippen LogP contribution in [0, 0.1) is 15.9 Å². The lowest BCUT2D eigenvalue weighted by Crippen LogP contribution is -2.38. The number of halogens is 1. The summed E-state index contributed by atoms with van der Waals surface area (Å²) in [5.74, 6) is -0.282. The fourth-order valence-electron chi connectivity index (χ4n) is 2.54. The van der Waals surface area contributed by atoms with E-state index in [1.54, 1.807) is 0 Å². The number of non-ortho nitro benzene ring substituents is 1. The van der Waals surface area contributed by atoms with Crippen molar-refractivity contribution < 1.29 is 14.1 Å². The summed E-state index contributed by atoms with van der Waals surface area (Å²) in [6.45, 7) is 1.27. The highest BCUT2D eigenvalue weighted by Crippen LogP contribution is 2.41. The number of hydrogen-bond acceptors (Lipinski definition) is 4. The number of nitro benzene ring substituents is 1. The third-order valence-corrected chi connectivity index (χ3v) is 3.32. The molecule has 0 radical (unpaired) electrons. The van der Waals surface area contributed by atoms with Gasteiger partial charge in [-0.2, -0.15) is 0 Å².